The lowest BCUT2D eigenvalue weighted by Crippen LogP contribution is -2.29. The Morgan fingerprint density at radius 2 is 1.80 bits per heavy atom. The minimum Gasteiger partial charge on any atom is -0.386 e. The molecule has 1 aromatic heterocycles. The third-order valence-electron chi connectivity index (χ3n) is 3.59. The molecular weight excluding hydrogens is 330 g/mol. The standard InChI is InChI=1S/C18H14F2N2O3/c19-12-7-4-8-13(20)17(12)15(23)10-21-18(24)14-9-16(25-22-14)11-5-2-1-3-6-11/h1-9,15,23H,10H2,(H,21,24). The number of aliphatic hydroxyl groups is 1. The summed E-state index contributed by atoms with van der Waals surface area (Å²) in [5.74, 6) is -1.97. The number of rotatable bonds is 5. The van der Waals surface area contributed by atoms with Gasteiger partial charge in [-0.15, -0.1) is 0 Å². The van der Waals surface area contributed by atoms with Crippen LogP contribution in [0.3, 0.4) is 0 Å². The fourth-order valence-corrected chi connectivity index (χ4v) is 2.33. The zero-order chi connectivity index (χ0) is 17.8. The number of carbonyl (C=O) groups excluding carboxylic acids is 1. The van der Waals surface area contributed by atoms with Crippen LogP contribution in [0.4, 0.5) is 8.78 Å². The number of hydrogen-bond acceptors (Lipinski definition) is 4. The Bertz CT molecular complexity index is 861. The molecule has 1 unspecified atom stereocenters. The smallest absolute Gasteiger partial charge is 0.273 e. The zero-order valence-corrected chi connectivity index (χ0v) is 12.9. The molecule has 0 radical (unpaired) electrons. The molecule has 1 amide bonds. The molecule has 2 aromatic carbocycles. The first-order valence-corrected chi connectivity index (χ1v) is 7.48. The van der Waals surface area contributed by atoms with Gasteiger partial charge in [-0.1, -0.05) is 41.6 Å². The second kappa shape index (κ2) is 7.23. The predicted molar refractivity (Wildman–Crippen MR) is 85.6 cm³/mol. The van der Waals surface area contributed by atoms with E-state index in [1.165, 1.54) is 12.1 Å². The van der Waals surface area contributed by atoms with Crippen LogP contribution in [0.5, 0.6) is 0 Å². The highest BCUT2D eigenvalue weighted by Gasteiger charge is 2.20. The average molecular weight is 344 g/mol. The fourth-order valence-electron chi connectivity index (χ4n) is 2.33. The second-order valence-corrected chi connectivity index (χ2v) is 5.30. The molecule has 1 atom stereocenters. The summed E-state index contributed by atoms with van der Waals surface area (Å²) in [5, 5.41) is 16.0. The monoisotopic (exact) mass is 344 g/mol. The van der Waals surface area contributed by atoms with E-state index in [1.54, 1.807) is 12.1 Å². The maximum absolute atomic E-state index is 13.6. The Morgan fingerprint density at radius 1 is 1.12 bits per heavy atom. The van der Waals surface area contributed by atoms with Crippen molar-refractivity contribution in [2.75, 3.05) is 6.54 Å². The topological polar surface area (TPSA) is 75.4 Å². The molecule has 3 aromatic rings. The number of nitrogens with one attached hydrogen (secondary N) is 1. The van der Waals surface area contributed by atoms with Crippen LogP contribution >= 0.6 is 0 Å². The largest absolute Gasteiger partial charge is 0.386 e. The quantitative estimate of drug-likeness (QED) is 0.746. The number of benzene rings is 2. The van der Waals surface area contributed by atoms with Gasteiger partial charge in [0.2, 0.25) is 0 Å². The highest BCUT2D eigenvalue weighted by molar-refractivity contribution is 5.93. The van der Waals surface area contributed by atoms with Crippen molar-refractivity contribution in [1.29, 1.82) is 0 Å². The molecule has 2 N–H and O–H groups in total. The number of aromatic nitrogens is 1. The summed E-state index contributed by atoms with van der Waals surface area (Å²) in [6.45, 7) is -0.371. The Kier molecular flexibility index (Phi) is 4.85. The molecule has 0 aliphatic carbocycles. The first kappa shape index (κ1) is 16.8. The van der Waals surface area contributed by atoms with Gasteiger partial charge in [0.15, 0.2) is 11.5 Å². The summed E-state index contributed by atoms with van der Waals surface area (Å²) < 4.78 is 32.3. The van der Waals surface area contributed by atoms with Gasteiger partial charge in [-0.3, -0.25) is 4.79 Å². The average Bonchev–Trinajstić information content (AvgIpc) is 3.10. The van der Waals surface area contributed by atoms with E-state index in [4.69, 9.17) is 4.52 Å². The third kappa shape index (κ3) is 3.72. The molecule has 0 saturated heterocycles. The van der Waals surface area contributed by atoms with Crippen molar-refractivity contribution in [3.63, 3.8) is 0 Å². The van der Waals surface area contributed by atoms with Gasteiger partial charge in [-0.25, -0.2) is 8.78 Å². The second-order valence-electron chi connectivity index (χ2n) is 5.30. The van der Waals surface area contributed by atoms with E-state index in [1.807, 2.05) is 18.2 Å². The van der Waals surface area contributed by atoms with E-state index in [-0.39, 0.29) is 12.2 Å². The molecule has 25 heavy (non-hydrogen) atoms. The normalized spacial score (nSPS) is 12.0. The first-order valence-electron chi connectivity index (χ1n) is 7.48. The Hall–Kier alpha value is -3.06. The van der Waals surface area contributed by atoms with Crippen molar-refractivity contribution in [2.45, 2.75) is 6.10 Å². The SMILES string of the molecule is O=C(NCC(O)c1c(F)cccc1F)c1cc(-c2ccccc2)on1. The van der Waals surface area contributed by atoms with Crippen LogP contribution in [-0.4, -0.2) is 22.7 Å². The van der Waals surface area contributed by atoms with Crippen molar-refractivity contribution in [3.05, 3.63) is 77.5 Å². The molecule has 0 fully saturated rings. The van der Waals surface area contributed by atoms with Crippen LogP contribution in [0.1, 0.15) is 22.2 Å². The van der Waals surface area contributed by atoms with Gasteiger partial charge in [0.05, 0.1) is 5.56 Å². The van der Waals surface area contributed by atoms with Gasteiger partial charge in [0, 0.05) is 18.2 Å². The molecule has 7 heteroatoms. The number of hydrogen-bond donors (Lipinski definition) is 2. The maximum atomic E-state index is 13.6. The molecule has 5 nitrogen and oxygen atoms in total. The van der Waals surface area contributed by atoms with Crippen molar-refractivity contribution < 1.29 is 23.2 Å². The number of nitrogens with zero attached hydrogens (tertiary/aromatic N) is 1. The van der Waals surface area contributed by atoms with Crippen LogP contribution in [0.15, 0.2) is 59.1 Å². The van der Waals surface area contributed by atoms with Gasteiger partial charge in [0.25, 0.3) is 5.91 Å². The van der Waals surface area contributed by atoms with Crippen LogP contribution < -0.4 is 5.32 Å². The molecule has 128 valence electrons. The molecule has 0 spiro atoms. The van der Waals surface area contributed by atoms with E-state index in [0.717, 1.165) is 17.7 Å². The highest BCUT2D eigenvalue weighted by Crippen LogP contribution is 2.21. The van der Waals surface area contributed by atoms with Crippen molar-refractivity contribution >= 4 is 5.91 Å². The predicted octanol–water partition coefficient (Wildman–Crippen LogP) is 3.08. The van der Waals surface area contributed by atoms with Gasteiger partial charge in [-0.2, -0.15) is 0 Å². The van der Waals surface area contributed by atoms with E-state index in [0.29, 0.717) is 5.76 Å². The maximum Gasteiger partial charge on any atom is 0.273 e. The Morgan fingerprint density at radius 3 is 2.48 bits per heavy atom. The van der Waals surface area contributed by atoms with Crippen LogP contribution in [0, 0.1) is 11.6 Å². The summed E-state index contributed by atoms with van der Waals surface area (Å²) in [6.07, 6.45) is -1.52. The van der Waals surface area contributed by atoms with Gasteiger partial charge >= 0.3 is 0 Å². The van der Waals surface area contributed by atoms with Gasteiger partial charge in [-0.05, 0) is 12.1 Å². The van der Waals surface area contributed by atoms with E-state index >= 15 is 0 Å². The summed E-state index contributed by atoms with van der Waals surface area (Å²) in [4.78, 5) is 12.1. The first-order chi connectivity index (χ1) is 12.1. The lowest BCUT2D eigenvalue weighted by atomic mass is 10.1. The molecular formula is C18H14F2N2O3. The van der Waals surface area contributed by atoms with Crippen LogP contribution in [0.2, 0.25) is 0 Å². The minimum absolute atomic E-state index is 0.0000543. The van der Waals surface area contributed by atoms with Crippen molar-refractivity contribution in [1.82, 2.24) is 10.5 Å². The summed E-state index contributed by atoms with van der Waals surface area (Å²) >= 11 is 0. The van der Waals surface area contributed by atoms with E-state index in [2.05, 4.69) is 10.5 Å². The number of carbonyl (C=O) groups is 1. The molecule has 0 aliphatic rings. The summed E-state index contributed by atoms with van der Waals surface area (Å²) in [5.41, 5.74) is 0.260. The molecule has 0 aliphatic heterocycles. The Labute approximate surface area is 141 Å². The number of halogens is 2. The summed E-state index contributed by atoms with van der Waals surface area (Å²) in [7, 11) is 0. The van der Waals surface area contributed by atoms with Crippen molar-refractivity contribution in [3.8, 4) is 11.3 Å². The fraction of sp³-hybridized carbons (Fsp3) is 0.111. The lowest BCUT2D eigenvalue weighted by Gasteiger charge is -2.13. The number of aliphatic hydroxyl groups excluding tert-OH is 1. The van der Waals surface area contributed by atoms with Crippen LogP contribution in [0.25, 0.3) is 11.3 Å². The molecule has 3 rings (SSSR count). The van der Waals surface area contributed by atoms with Crippen molar-refractivity contribution in [2.24, 2.45) is 0 Å². The highest BCUT2D eigenvalue weighted by atomic mass is 19.1. The van der Waals surface area contributed by atoms with Gasteiger partial charge in [0.1, 0.15) is 17.7 Å². The molecule has 0 saturated carbocycles. The van der Waals surface area contributed by atoms with E-state index in [9.17, 15) is 18.7 Å². The van der Waals surface area contributed by atoms with E-state index < -0.39 is 29.2 Å². The zero-order valence-electron chi connectivity index (χ0n) is 12.9. The Balaban J connectivity index is 1.66. The third-order valence-corrected chi connectivity index (χ3v) is 3.59. The molecule has 0 bridgehead atoms. The van der Waals surface area contributed by atoms with Crippen LogP contribution in [-0.2, 0) is 0 Å². The minimum atomic E-state index is -1.52. The summed E-state index contributed by atoms with van der Waals surface area (Å²) in [6, 6.07) is 13.8. The number of amides is 1. The van der Waals surface area contributed by atoms with Gasteiger partial charge < -0.3 is 14.9 Å². The molecule has 1 heterocycles. The lowest BCUT2D eigenvalue weighted by molar-refractivity contribution is 0.0902.